The van der Waals surface area contributed by atoms with Gasteiger partial charge in [0.05, 0.1) is 36.1 Å². The van der Waals surface area contributed by atoms with Gasteiger partial charge in [-0.2, -0.15) is 0 Å². The number of aryl methyl sites for hydroxylation is 1. The molecule has 1 fully saturated rings. The number of piperidine rings is 1. The summed E-state index contributed by atoms with van der Waals surface area (Å²) in [6.07, 6.45) is 2.37. The van der Waals surface area contributed by atoms with Crippen LogP contribution in [0.3, 0.4) is 0 Å². The molecule has 2 atom stereocenters. The van der Waals surface area contributed by atoms with E-state index in [4.69, 9.17) is 14.2 Å². The number of benzene rings is 2. The number of para-hydroxylation sites is 1. The molecule has 0 unspecified atom stereocenters. The Hall–Kier alpha value is -3.39. The van der Waals surface area contributed by atoms with Crippen LogP contribution in [0.1, 0.15) is 34.3 Å². The van der Waals surface area contributed by atoms with E-state index < -0.39 is 12.0 Å². The number of esters is 1. The van der Waals surface area contributed by atoms with E-state index in [9.17, 15) is 9.59 Å². The monoisotopic (exact) mass is 466 g/mol. The Labute approximate surface area is 196 Å². The van der Waals surface area contributed by atoms with Crippen molar-refractivity contribution in [2.45, 2.75) is 32.4 Å². The summed E-state index contributed by atoms with van der Waals surface area (Å²) in [6, 6.07) is 14.2. The minimum absolute atomic E-state index is 0.0572. The first-order valence-electron chi connectivity index (χ1n) is 10.7. The largest absolute Gasteiger partial charge is 0.497 e. The Kier molecular flexibility index (Phi) is 6.93. The second kappa shape index (κ2) is 10.0. The molecule has 1 aliphatic rings. The van der Waals surface area contributed by atoms with Crippen molar-refractivity contribution in [2.75, 3.05) is 19.1 Å². The number of carbonyl (C=O) groups excluding carboxylic acids is 2. The highest BCUT2D eigenvalue weighted by atomic mass is 32.1. The van der Waals surface area contributed by atoms with Gasteiger partial charge in [-0.1, -0.05) is 18.2 Å². The number of rotatable bonds is 7. The zero-order valence-electron chi connectivity index (χ0n) is 18.8. The molecule has 33 heavy (non-hydrogen) atoms. The van der Waals surface area contributed by atoms with E-state index in [0.717, 1.165) is 15.4 Å². The average Bonchev–Trinajstić information content (AvgIpc) is 3.27. The predicted molar refractivity (Wildman–Crippen MR) is 126 cm³/mol. The minimum Gasteiger partial charge on any atom is -0.497 e. The lowest BCUT2D eigenvalue weighted by Crippen LogP contribution is -2.46. The molecule has 0 N–H and O–H groups in total. The SMILES string of the molecule is COc1ccc(N2C(=O)CC[C@@H](C(=O)OCc3cnc(C)s3)[C@H]2c2ccccc2OC)cc1. The van der Waals surface area contributed by atoms with Crippen LogP contribution in [0.5, 0.6) is 11.5 Å². The second-order valence-corrected chi connectivity index (χ2v) is 9.07. The fraction of sp³-hybridized carbons (Fsp3) is 0.320. The van der Waals surface area contributed by atoms with Crippen LogP contribution < -0.4 is 14.4 Å². The number of aromatic nitrogens is 1. The lowest BCUT2D eigenvalue weighted by molar-refractivity contribution is -0.152. The van der Waals surface area contributed by atoms with Crippen LogP contribution in [0.2, 0.25) is 0 Å². The van der Waals surface area contributed by atoms with Gasteiger partial charge in [0.2, 0.25) is 5.91 Å². The maximum Gasteiger partial charge on any atom is 0.311 e. The van der Waals surface area contributed by atoms with Crippen molar-refractivity contribution in [2.24, 2.45) is 5.92 Å². The molecule has 3 aromatic rings. The number of ether oxygens (including phenoxy) is 3. The van der Waals surface area contributed by atoms with Crippen molar-refractivity contribution in [3.8, 4) is 11.5 Å². The standard InChI is InChI=1S/C25H26N2O5S/c1-16-26-14-19(33-16)15-32-25(29)21-12-13-23(28)27(17-8-10-18(30-2)11-9-17)24(21)20-6-4-5-7-22(20)31-3/h4-11,14,21,24H,12-13,15H2,1-3H3/t21-,24-/m1/s1. The van der Waals surface area contributed by atoms with Gasteiger partial charge in [-0.15, -0.1) is 11.3 Å². The number of anilines is 1. The summed E-state index contributed by atoms with van der Waals surface area (Å²) >= 11 is 1.50. The summed E-state index contributed by atoms with van der Waals surface area (Å²) < 4.78 is 16.6. The molecule has 1 aromatic heterocycles. The molecule has 2 aromatic carbocycles. The predicted octanol–water partition coefficient (Wildman–Crippen LogP) is 4.70. The van der Waals surface area contributed by atoms with Crippen LogP contribution in [0, 0.1) is 12.8 Å². The molecule has 1 aliphatic heterocycles. The quantitative estimate of drug-likeness (QED) is 0.470. The Morgan fingerprint density at radius 3 is 2.55 bits per heavy atom. The van der Waals surface area contributed by atoms with Crippen LogP contribution in [-0.4, -0.2) is 31.1 Å². The molecule has 1 amide bonds. The van der Waals surface area contributed by atoms with Gasteiger partial charge >= 0.3 is 5.97 Å². The minimum atomic E-state index is -0.563. The molecule has 0 bridgehead atoms. The van der Waals surface area contributed by atoms with E-state index in [1.54, 1.807) is 37.4 Å². The number of carbonyl (C=O) groups is 2. The molecule has 0 aliphatic carbocycles. The molecule has 1 saturated heterocycles. The number of thiazole rings is 1. The summed E-state index contributed by atoms with van der Waals surface area (Å²) in [5.74, 6) is 0.357. The summed E-state index contributed by atoms with van der Waals surface area (Å²) in [5.41, 5.74) is 1.45. The molecule has 0 spiro atoms. The Morgan fingerprint density at radius 2 is 1.88 bits per heavy atom. The van der Waals surface area contributed by atoms with Gasteiger partial charge in [0.1, 0.15) is 18.1 Å². The van der Waals surface area contributed by atoms with Crippen molar-refractivity contribution in [3.63, 3.8) is 0 Å². The Balaban J connectivity index is 1.71. The highest BCUT2D eigenvalue weighted by Gasteiger charge is 2.43. The highest BCUT2D eigenvalue weighted by molar-refractivity contribution is 7.11. The van der Waals surface area contributed by atoms with Gasteiger partial charge < -0.3 is 19.1 Å². The van der Waals surface area contributed by atoms with E-state index in [2.05, 4.69) is 4.98 Å². The molecule has 0 saturated carbocycles. The maximum absolute atomic E-state index is 13.3. The molecule has 0 radical (unpaired) electrons. The van der Waals surface area contributed by atoms with Crippen molar-refractivity contribution in [1.29, 1.82) is 0 Å². The molecule has 4 rings (SSSR count). The third-order valence-electron chi connectivity index (χ3n) is 5.73. The van der Waals surface area contributed by atoms with Crippen LogP contribution in [0.15, 0.2) is 54.7 Å². The molecular formula is C25H26N2O5S. The maximum atomic E-state index is 13.3. The third kappa shape index (κ3) is 4.85. The fourth-order valence-corrected chi connectivity index (χ4v) is 4.88. The summed E-state index contributed by atoms with van der Waals surface area (Å²) in [4.78, 5) is 33.3. The first kappa shape index (κ1) is 22.8. The molecule has 8 heteroatoms. The number of hydrogen-bond acceptors (Lipinski definition) is 7. The van der Waals surface area contributed by atoms with Gasteiger partial charge in [0.25, 0.3) is 0 Å². The molecule has 7 nitrogen and oxygen atoms in total. The summed E-state index contributed by atoms with van der Waals surface area (Å²) in [6.45, 7) is 2.07. The smallest absolute Gasteiger partial charge is 0.311 e. The van der Waals surface area contributed by atoms with Crippen molar-refractivity contribution in [3.05, 3.63) is 70.2 Å². The topological polar surface area (TPSA) is 78.0 Å². The zero-order chi connectivity index (χ0) is 23.4. The summed E-state index contributed by atoms with van der Waals surface area (Å²) in [5, 5.41) is 0.918. The molecule has 2 heterocycles. The molecular weight excluding hydrogens is 440 g/mol. The fourth-order valence-electron chi connectivity index (χ4n) is 4.17. The summed E-state index contributed by atoms with van der Waals surface area (Å²) in [7, 11) is 3.18. The van der Waals surface area contributed by atoms with Gasteiger partial charge in [0, 0.05) is 23.9 Å². The number of nitrogens with zero attached hydrogens (tertiary/aromatic N) is 2. The van der Waals surface area contributed by atoms with Crippen LogP contribution >= 0.6 is 11.3 Å². The van der Waals surface area contributed by atoms with Gasteiger partial charge in [-0.05, 0) is 43.7 Å². The second-order valence-electron chi connectivity index (χ2n) is 7.75. The average molecular weight is 467 g/mol. The van der Waals surface area contributed by atoms with Crippen LogP contribution in [-0.2, 0) is 20.9 Å². The molecule has 172 valence electrons. The number of hydrogen-bond donors (Lipinski definition) is 0. The van der Waals surface area contributed by atoms with E-state index in [0.29, 0.717) is 23.6 Å². The Bertz CT molecular complexity index is 1130. The third-order valence-corrected chi connectivity index (χ3v) is 6.62. The van der Waals surface area contributed by atoms with Crippen molar-refractivity contribution < 1.29 is 23.8 Å². The number of methoxy groups -OCH3 is 2. The van der Waals surface area contributed by atoms with Crippen LogP contribution in [0.4, 0.5) is 5.69 Å². The van der Waals surface area contributed by atoms with Gasteiger partial charge in [0.15, 0.2) is 0 Å². The zero-order valence-corrected chi connectivity index (χ0v) is 19.6. The van der Waals surface area contributed by atoms with E-state index in [1.807, 2.05) is 43.3 Å². The van der Waals surface area contributed by atoms with Gasteiger partial charge in [-0.25, -0.2) is 4.98 Å². The highest BCUT2D eigenvalue weighted by Crippen LogP contribution is 2.43. The van der Waals surface area contributed by atoms with E-state index in [-0.39, 0.29) is 24.9 Å². The lowest BCUT2D eigenvalue weighted by atomic mass is 9.83. The van der Waals surface area contributed by atoms with Gasteiger partial charge in [-0.3, -0.25) is 9.59 Å². The van der Waals surface area contributed by atoms with Crippen LogP contribution in [0.25, 0.3) is 0 Å². The first-order valence-corrected chi connectivity index (χ1v) is 11.5. The van der Waals surface area contributed by atoms with Crippen molar-refractivity contribution >= 4 is 28.9 Å². The van der Waals surface area contributed by atoms with Crippen molar-refractivity contribution in [1.82, 2.24) is 4.98 Å². The first-order chi connectivity index (χ1) is 16.0. The lowest BCUT2D eigenvalue weighted by Gasteiger charge is -2.40. The van der Waals surface area contributed by atoms with E-state index >= 15 is 0 Å². The Morgan fingerprint density at radius 1 is 1.12 bits per heavy atom. The number of amides is 1. The van der Waals surface area contributed by atoms with E-state index in [1.165, 1.54) is 11.3 Å². The normalized spacial score (nSPS) is 18.2.